The van der Waals surface area contributed by atoms with Gasteiger partial charge in [0, 0.05) is 31.1 Å². The molecule has 1 fully saturated rings. The third-order valence-electron chi connectivity index (χ3n) is 3.96. The van der Waals surface area contributed by atoms with Gasteiger partial charge in [-0.15, -0.1) is 0 Å². The van der Waals surface area contributed by atoms with Gasteiger partial charge in [-0.25, -0.2) is 9.37 Å². The fourth-order valence-corrected chi connectivity index (χ4v) is 2.83. The molecule has 2 heterocycles. The van der Waals surface area contributed by atoms with Gasteiger partial charge in [-0.1, -0.05) is 0 Å². The molecule has 2 aromatic rings. The SMILES string of the molecule is COC1CCCCN1c1cc(C)nc(Nc2ccc(F)cc2)n1. The molecule has 1 aromatic heterocycles. The molecule has 1 aliphatic rings. The molecule has 1 atom stereocenters. The maximum Gasteiger partial charge on any atom is 0.229 e. The van der Waals surface area contributed by atoms with Gasteiger partial charge in [0.2, 0.25) is 5.95 Å². The second kappa shape index (κ2) is 6.91. The summed E-state index contributed by atoms with van der Waals surface area (Å²) >= 11 is 0. The minimum atomic E-state index is -0.266. The van der Waals surface area contributed by atoms with Crippen LogP contribution in [-0.4, -0.2) is 29.9 Å². The Morgan fingerprint density at radius 3 is 2.74 bits per heavy atom. The number of piperidine rings is 1. The van der Waals surface area contributed by atoms with Crippen molar-refractivity contribution in [2.75, 3.05) is 23.9 Å². The van der Waals surface area contributed by atoms with Crippen LogP contribution in [0.1, 0.15) is 25.0 Å². The first-order valence-corrected chi connectivity index (χ1v) is 7.83. The molecule has 23 heavy (non-hydrogen) atoms. The van der Waals surface area contributed by atoms with Crippen molar-refractivity contribution in [2.45, 2.75) is 32.4 Å². The number of aromatic nitrogens is 2. The summed E-state index contributed by atoms with van der Waals surface area (Å²) in [7, 11) is 1.73. The van der Waals surface area contributed by atoms with Crippen molar-refractivity contribution in [3.8, 4) is 0 Å². The van der Waals surface area contributed by atoms with Crippen LogP contribution in [0.3, 0.4) is 0 Å². The van der Waals surface area contributed by atoms with E-state index >= 15 is 0 Å². The summed E-state index contributed by atoms with van der Waals surface area (Å²) in [6, 6.07) is 8.11. The van der Waals surface area contributed by atoms with E-state index in [0.717, 1.165) is 36.6 Å². The maximum atomic E-state index is 13.0. The van der Waals surface area contributed by atoms with Gasteiger partial charge < -0.3 is 15.0 Å². The van der Waals surface area contributed by atoms with Gasteiger partial charge in [-0.2, -0.15) is 4.98 Å². The number of nitrogens with one attached hydrogen (secondary N) is 1. The highest BCUT2D eigenvalue weighted by Gasteiger charge is 2.23. The molecule has 122 valence electrons. The Kier molecular flexibility index (Phi) is 4.71. The Balaban J connectivity index is 1.85. The van der Waals surface area contributed by atoms with Crippen LogP contribution in [-0.2, 0) is 4.74 Å². The average molecular weight is 316 g/mol. The predicted molar refractivity (Wildman–Crippen MR) is 88.4 cm³/mol. The first-order valence-electron chi connectivity index (χ1n) is 7.83. The second-order valence-corrected chi connectivity index (χ2v) is 5.70. The Hall–Kier alpha value is -2.21. The van der Waals surface area contributed by atoms with E-state index in [1.54, 1.807) is 19.2 Å². The normalized spacial score (nSPS) is 18.0. The minimum Gasteiger partial charge on any atom is -0.362 e. The highest BCUT2D eigenvalue weighted by atomic mass is 19.1. The molecule has 0 radical (unpaired) electrons. The topological polar surface area (TPSA) is 50.3 Å². The van der Waals surface area contributed by atoms with Crippen molar-refractivity contribution < 1.29 is 9.13 Å². The Morgan fingerprint density at radius 1 is 1.22 bits per heavy atom. The molecule has 1 saturated heterocycles. The van der Waals surface area contributed by atoms with Crippen LogP contribution in [0.4, 0.5) is 21.8 Å². The van der Waals surface area contributed by atoms with E-state index in [4.69, 9.17) is 4.74 Å². The number of methoxy groups -OCH3 is 1. The lowest BCUT2D eigenvalue weighted by Crippen LogP contribution is -2.41. The Morgan fingerprint density at radius 2 is 2.00 bits per heavy atom. The maximum absolute atomic E-state index is 13.0. The van der Waals surface area contributed by atoms with Crippen LogP contribution in [0.15, 0.2) is 30.3 Å². The van der Waals surface area contributed by atoms with Crippen LogP contribution < -0.4 is 10.2 Å². The molecule has 6 heteroatoms. The van der Waals surface area contributed by atoms with E-state index in [1.165, 1.54) is 18.6 Å². The summed E-state index contributed by atoms with van der Waals surface area (Å²) in [6.45, 7) is 2.86. The molecule has 0 amide bonds. The van der Waals surface area contributed by atoms with Crippen molar-refractivity contribution >= 4 is 17.5 Å². The van der Waals surface area contributed by atoms with Crippen molar-refractivity contribution in [3.63, 3.8) is 0 Å². The van der Waals surface area contributed by atoms with E-state index in [9.17, 15) is 4.39 Å². The number of ether oxygens (including phenoxy) is 1. The van der Waals surface area contributed by atoms with Gasteiger partial charge >= 0.3 is 0 Å². The first-order chi connectivity index (χ1) is 11.2. The van der Waals surface area contributed by atoms with E-state index < -0.39 is 0 Å². The number of anilines is 3. The van der Waals surface area contributed by atoms with E-state index in [2.05, 4.69) is 20.2 Å². The number of nitrogens with zero attached hydrogens (tertiary/aromatic N) is 3. The van der Waals surface area contributed by atoms with E-state index in [1.807, 2.05) is 13.0 Å². The lowest BCUT2D eigenvalue weighted by atomic mass is 10.1. The zero-order chi connectivity index (χ0) is 16.2. The smallest absolute Gasteiger partial charge is 0.229 e. The highest BCUT2D eigenvalue weighted by Crippen LogP contribution is 2.25. The highest BCUT2D eigenvalue weighted by molar-refractivity contribution is 5.55. The van der Waals surface area contributed by atoms with Crippen LogP contribution in [0.5, 0.6) is 0 Å². The fraction of sp³-hybridized carbons (Fsp3) is 0.412. The number of aryl methyl sites for hydroxylation is 1. The number of hydrogen-bond donors (Lipinski definition) is 1. The van der Waals surface area contributed by atoms with Gasteiger partial charge in [0.25, 0.3) is 0 Å². The summed E-state index contributed by atoms with van der Waals surface area (Å²) in [6.07, 6.45) is 3.35. The third-order valence-corrected chi connectivity index (χ3v) is 3.96. The zero-order valence-electron chi connectivity index (χ0n) is 13.4. The van der Waals surface area contributed by atoms with Gasteiger partial charge in [0.15, 0.2) is 0 Å². The van der Waals surface area contributed by atoms with Crippen molar-refractivity contribution in [3.05, 3.63) is 41.8 Å². The molecular formula is C17H21FN4O. The van der Waals surface area contributed by atoms with Crippen molar-refractivity contribution in [2.24, 2.45) is 0 Å². The number of hydrogen-bond acceptors (Lipinski definition) is 5. The molecule has 0 bridgehead atoms. The van der Waals surface area contributed by atoms with E-state index in [0.29, 0.717) is 5.95 Å². The van der Waals surface area contributed by atoms with Gasteiger partial charge in [0.1, 0.15) is 17.9 Å². The Bertz CT molecular complexity index is 662. The molecule has 3 rings (SSSR count). The molecule has 0 aliphatic carbocycles. The van der Waals surface area contributed by atoms with Crippen molar-refractivity contribution in [1.82, 2.24) is 9.97 Å². The fourth-order valence-electron chi connectivity index (χ4n) is 2.83. The summed E-state index contributed by atoms with van der Waals surface area (Å²) in [4.78, 5) is 11.2. The predicted octanol–water partition coefficient (Wildman–Crippen LogP) is 3.63. The third kappa shape index (κ3) is 3.76. The summed E-state index contributed by atoms with van der Waals surface area (Å²) in [5, 5.41) is 3.13. The minimum absolute atomic E-state index is 0.0525. The molecular weight excluding hydrogens is 295 g/mol. The van der Waals surface area contributed by atoms with Crippen LogP contribution in [0.2, 0.25) is 0 Å². The van der Waals surface area contributed by atoms with Gasteiger partial charge in [-0.3, -0.25) is 0 Å². The summed E-state index contributed by atoms with van der Waals surface area (Å²) in [5.41, 5.74) is 1.63. The van der Waals surface area contributed by atoms with Gasteiger partial charge in [0.05, 0.1) is 0 Å². The molecule has 1 N–H and O–H groups in total. The molecule has 1 aromatic carbocycles. The molecule has 1 unspecified atom stereocenters. The quantitative estimate of drug-likeness (QED) is 0.933. The van der Waals surface area contributed by atoms with E-state index in [-0.39, 0.29) is 12.0 Å². The summed E-state index contributed by atoms with van der Waals surface area (Å²) < 4.78 is 18.6. The number of benzene rings is 1. The number of halogens is 1. The van der Waals surface area contributed by atoms with Gasteiger partial charge in [-0.05, 0) is 50.5 Å². The second-order valence-electron chi connectivity index (χ2n) is 5.70. The number of rotatable bonds is 4. The van der Waals surface area contributed by atoms with Crippen LogP contribution in [0.25, 0.3) is 0 Å². The molecule has 0 saturated carbocycles. The molecule has 0 spiro atoms. The van der Waals surface area contributed by atoms with Crippen LogP contribution >= 0.6 is 0 Å². The van der Waals surface area contributed by atoms with Crippen molar-refractivity contribution in [1.29, 1.82) is 0 Å². The zero-order valence-corrected chi connectivity index (χ0v) is 13.4. The summed E-state index contributed by atoms with van der Waals surface area (Å²) in [5.74, 6) is 1.10. The monoisotopic (exact) mass is 316 g/mol. The van der Waals surface area contributed by atoms with Crippen LogP contribution in [0, 0.1) is 12.7 Å². The Labute approximate surface area is 135 Å². The lowest BCUT2D eigenvalue weighted by molar-refractivity contribution is 0.0778. The molecule has 1 aliphatic heterocycles. The average Bonchev–Trinajstić information content (AvgIpc) is 2.56. The first kappa shape index (κ1) is 15.7. The standard InChI is InChI=1S/C17H21FN4O/c1-12-11-15(22-10-4-3-5-16(22)23-2)21-17(19-12)20-14-8-6-13(18)7-9-14/h6-9,11,16H,3-5,10H2,1-2H3,(H,19,20,21). The lowest BCUT2D eigenvalue weighted by Gasteiger charge is -2.35. The largest absolute Gasteiger partial charge is 0.362 e. The molecule has 5 nitrogen and oxygen atoms in total.